The number of allylic oxidation sites excluding steroid dienone is 1. The van der Waals surface area contributed by atoms with Crippen molar-refractivity contribution in [3.63, 3.8) is 0 Å². The van der Waals surface area contributed by atoms with Crippen LogP contribution in [0.25, 0.3) is 4.85 Å². The summed E-state index contributed by atoms with van der Waals surface area (Å²) in [4.78, 5) is 16.3. The molecule has 0 bridgehead atoms. The fraction of sp³-hybridized carbons (Fsp3) is 0.308. The number of aliphatic imine (C=N–C) groups is 2. The van der Waals surface area contributed by atoms with Gasteiger partial charge in [0.1, 0.15) is 12.3 Å². The van der Waals surface area contributed by atoms with Gasteiger partial charge < -0.3 is 14.6 Å². The highest BCUT2D eigenvalue weighted by molar-refractivity contribution is 5.83. The molecule has 164 valence electrons. The number of nitrogens with zero attached hydrogens (tertiary/aromatic N) is 6. The predicted molar refractivity (Wildman–Crippen MR) is 134 cm³/mol. The molecule has 0 saturated carbocycles. The average molecular weight is 427 g/mol. The first kappa shape index (κ1) is 24.4. The molecule has 32 heavy (non-hydrogen) atoms. The van der Waals surface area contributed by atoms with Gasteiger partial charge in [-0.3, -0.25) is 4.99 Å². The molecule has 0 radical (unpaired) electrons. The number of hydrogen-bond donors (Lipinski definition) is 0. The summed E-state index contributed by atoms with van der Waals surface area (Å²) in [6, 6.07) is 17.9. The lowest BCUT2D eigenvalue weighted by atomic mass is 10.2. The van der Waals surface area contributed by atoms with Crippen LogP contribution in [-0.4, -0.2) is 38.6 Å². The molecular weight excluding hydrogens is 396 g/mol. The summed E-state index contributed by atoms with van der Waals surface area (Å²) in [5.74, 6) is -0.0312. The maximum absolute atomic E-state index is 9.48. The molecular formula is C26H30N6. The van der Waals surface area contributed by atoms with Gasteiger partial charge in [0.25, 0.3) is 0 Å². The molecule has 6 nitrogen and oxygen atoms in total. The Bertz CT molecular complexity index is 940. The van der Waals surface area contributed by atoms with Crippen LogP contribution in [0.1, 0.15) is 38.8 Å². The maximum Gasteiger partial charge on any atom is 0.306 e. The van der Waals surface area contributed by atoms with Gasteiger partial charge in [-0.15, -0.1) is 4.99 Å². The molecule has 0 atom stereocenters. The third-order valence-corrected chi connectivity index (χ3v) is 5.15. The molecule has 0 N–H and O–H groups in total. The van der Waals surface area contributed by atoms with Crippen LogP contribution in [-0.2, 0) is 0 Å². The molecule has 0 spiro atoms. The first-order valence-corrected chi connectivity index (χ1v) is 10.9. The molecule has 0 unspecified atom stereocenters. The van der Waals surface area contributed by atoms with E-state index < -0.39 is 0 Å². The molecule has 0 aliphatic heterocycles. The molecule has 0 amide bonds. The highest BCUT2D eigenvalue weighted by atomic mass is 15.1. The van der Waals surface area contributed by atoms with Gasteiger partial charge in [0.15, 0.2) is 5.70 Å². The van der Waals surface area contributed by atoms with E-state index in [9.17, 15) is 5.26 Å². The first-order chi connectivity index (χ1) is 15.6. The van der Waals surface area contributed by atoms with E-state index in [1.54, 1.807) is 12.4 Å². The molecule has 0 aliphatic rings. The van der Waals surface area contributed by atoms with Gasteiger partial charge in [0.05, 0.1) is 0 Å². The van der Waals surface area contributed by atoms with Crippen LogP contribution in [0.4, 0.5) is 11.4 Å². The quantitative estimate of drug-likeness (QED) is 0.285. The lowest BCUT2D eigenvalue weighted by Gasteiger charge is -2.20. The Hall–Kier alpha value is -3.90. The Kier molecular flexibility index (Phi) is 9.69. The van der Waals surface area contributed by atoms with Gasteiger partial charge >= 0.3 is 5.82 Å². The van der Waals surface area contributed by atoms with Crippen LogP contribution >= 0.6 is 0 Å². The number of hydrogen-bond acceptors (Lipinski definition) is 5. The Morgan fingerprint density at radius 2 is 1.22 bits per heavy atom. The molecule has 0 fully saturated rings. The Balaban J connectivity index is 2.19. The van der Waals surface area contributed by atoms with Crippen LogP contribution in [0, 0.1) is 17.9 Å². The van der Waals surface area contributed by atoms with Crippen molar-refractivity contribution in [1.82, 2.24) is 0 Å². The van der Waals surface area contributed by atoms with Gasteiger partial charge in [0, 0.05) is 49.3 Å². The maximum atomic E-state index is 9.48. The minimum Gasteiger partial charge on any atom is -0.372 e. The summed E-state index contributed by atoms with van der Waals surface area (Å²) in [6.07, 6.45) is 3.18. The molecule has 0 saturated heterocycles. The summed E-state index contributed by atoms with van der Waals surface area (Å²) in [7, 11) is 0. The van der Waals surface area contributed by atoms with Crippen molar-refractivity contribution in [1.29, 1.82) is 5.26 Å². The zero-order valence-corrected chi connectivity index (χ0v) is 19.3. The second-order valence-corrected chi connectivity index (χ2v) is 6.94. The zero-order chi connectivity index (χ0) is 23.3. The van der Waals surface area contributed by atoms with E-state index in [2.05, 4.69) is 52.3 Å². The Morgan fingerprint density at radius 3 is 1.56 bits per heavy atom. The molecule has 6 heteroatoms. The molecule has 2 aromatic rings. The Labute approximate surface area is 191 Å². The number of rotatable bonds is 10. The van der Waals surface area contributed by atoms with Crippen molar-refractivity contribution in [2.24, 2.45) is 9.98 Å². The summed E-state index contributed by atoms with van der Waals surface area (Å²) in [5.41, 5.74) is 3.98. The third kappa shape index (κ3) is 6.55. The molecule has 2 aromatic carbocycles. The molecule has 0 aromatic heterocycles. The van der Waals surface area contributed by atoms with Gasteiger partial charge in [-0.1, -0.05) is 18.7 Å². The minimum absolute atomic E-state index is 0.0103. The zero-order valence-electron chi connectivity index (χ0n) is 19.3. The summed E-state index contributed by atoms with van der Waals surface area (Å²) < 4.78 is 0. The normalized spacial score (nSPS) is 11.8. The lowest BCUT2D eigenvalue weighted by Crippen LogP contribution is -2.21. The molecule has 2 rings (SSSR count). The second kappa shape index (κ2) is 12.7. The summed E-state index contributed by atoms with van der Waals surface area (Å²) in [5, 5.41) is 9.48. The smallest absolute Gasteiger partial charge is 0.306 e. The van der Waals surface area contributed by atoms with Crippen molar-refractivity contribution in [2.75, 3.05) is 36.0 Å². The monoisotopic (exact) mass is 426 g/mol. The largest absolute Gasteiger partial charge is 0.372 e. The molecule has 0 heterocycles. The van der Waals surface area contributed by atoms with E-state index in [1.165, 1.54) is 0 Å². The topological polar surface area (TPSA) is 59.4 Å². The van der Waals surface area contributed by atoms with E-state index in [4.69, 9.17) is 6.57 Å². The predicted octanol–water partition coefficient (Wildman–Crippen LogP) is 5.53. The van der Waals surface area contributed by atoms with Gasteiger partial charge in [-0.05, 0) is 69.7 Å². The average Bonchev–Trinajstić information content (AvgIpc) is 2.84. The number of nitriles is 1. The van der Waals surface area contributed by atoms with Crippen LogP contribution in [0.2, 0.25) is 0 Å². The van der Waals surface area contributed by atoms with Gasteiger partial charge in [-0.2, -0.15) is 5.26 Å². The summed E-state index contributed by atoms with van der Waals surface area (Å²) >= 11 is 0. The highest BCUT2D eigenvalue weighted by Crippen LogP contribution is 2.16. The highest BCUT2D eigenvalue weighted by Gasteiger charge is 2.06. The fourth-order valence-electron chi connectivity index (χ4n) is 3.27. The lowest BCUT2D eigenvalue weighted by molar-refractivity contribution is 0.866. The van der Waals surface area contributed by atoms with E-state index >= 15 is 0 Å². The number of benzene rings is 2. The minimum atomic E-state index is -0.0312. The van der Waals surface area contributed by atoms with Crippen LogP contribution < -0.4 is 9.80 Å². The van der Waals surface area contributed by atoms with Crippen LogP contribution in [0.3, 0.4) is 0 Å². The second-order valence-electron chi connectivity index (χ2n) is 6.94. The standard InChI is InChI=1S/C26H30N6/c1-6-31(7-2)23-14-10-21(11-15-23)19-29-25(18-27)26(28-5)30-20-22-12-16-24(17-13-22)32(8-3)9-4/h10-17,19-20H,6-9H2,1-4H3/b26-25-,29-19+,30-20+. The SMILES string of the molecule is [C-]#[N+]C(/N=C/c1ccc(N(CC)CC)cc1)=C(C#N)/N=C/c1ccc(N(CC)CC)cc1. The van der Waals surface area contributed by atoms with Crippen molar-refractivity contribution >= 4 is 23.8 Å². The van der Waals surface area contributed by atoms with Crippen LogP contribution in [0.15, 0.2) is 70.0 Å². The third-order valence-electron chi connectivity index (χ3n) is 5.15. The van der Waals surface area contributed by atoms with Crippen molar-refractivity contribution in [3.05, 3.63) is 82.6 Å². The van der Waals surface area contributed by atoms with Gasteiger partial charge in [0.2, 0.25) is 0 Å². The van der Waals surface area contributed by atoms with E-state index in [-0.39, 0.29) is 11.5 Å². The summed E-state index contributed by atoms with van der Waals surface area (Å²) in [6.45, 7) is 19.7. The van der Waals surface area contributed by atoms with E-state index in [1.807, 2.05) is 54.6 Å². The van der Waals surface area contributed by atoms with Crippen molar-refractivity contribution < 1.29 is 0 Å². The van der Waals surface area contributed by atoms with Crippen molar-refractivity contribution in [2.45, 2.75) is 27.7 Å². The number of anilines is 2. The Morgan fingerprint density at radius 1 is 0.812 bits per heavy atom. The van der Waals surface area contributed by atoms with Crippen LogP contribution in [0.5, 0.6) is 0 Å². The molecule has 0 aliphatic carbocycles. The van der Waals surface area contributed by atoms with E-state index in [0.29, 0.717) is 0 Å². The fourth-order valence-corrected chi connectivity index (χ4v) is 3.27. The van der Waals surface area contributed by atoms with Crippen molar-refractivity contribution in [3.8, 4) is 6.07 Å². The first-order valence-electron chi connectivity index (χ1n) is 10.9. The van der Waals surface area contributed by atoms with E-state index in [0.717, 1.165) is 48.7 Å². The van der Waals surface area contributed by atoms with Gasteiger partial charge in [-0.25, -0.2) is 0 Å².